The summed E-state index contributed by atoms with van der Waals surface area (Å²) in [4.78, 5) is 26.7. The van der Waals surface area contributed by atoms with Crippen molar-refractivity contribution >= 4 is 5.91 Å². The molecule has 2 N–H and O–H groups in total. The lowest BCUT2D eigenvalue weighted by molar-refractivity contribution is -0.131. The van der Waals surface area contributed by atoms with Crippen LogP contribution in [0.1, 0.15) is 48.7 Å². The first kappa shape index (κ1) is 15.7. The predicted molar refractivity (Wildman–Crippen MR) is 78.4 cm³/mol. The summed E-state index contributed by atoms with van der Waals surface area (Å²) < 4.78 is 10.7. The van der Waals surface area contributed by atoms with Gasteiger partial charge in [-0.1, -0.05) is 0 Å². The molecule has 21 heavy (non-hydrogen) atoms. The van der Waals surface area contributed by atoms with E-state index in [0.29, 0.717) is 19.1 Å². The van der Waals surface area contributed by atoms with E-state index >= 15 is 0 Å². The molecule has 0 saturated heterocycles. The van der Waals surface area contributed by atoms with Crippen LogP contribution in [0.2, 0.25) is 0 Å². The lowest BCUT2D eigenvalue weighted by atomic mass is 10.2. The summed E-state index contributed by atoms with van der Waals surface area (Å²) in [5.74, 6) is 0.0399. The van der Waals surface area contributed by atoms with E-state index < -0.39 is 12.2 Å². The zero-order chi connectivity index (χ0) is 15.2. The fourth-order valence-corrected chi connectivity index (χ4v) is 2.11. The molecule has 1 saturated carbocycles. The second-order valence-electron chi connectivity index (χ2n) is 4.98. The van der Waals surface area contributed by atoms with Crippen molar-refractivity contribution in [2.45, 2.75) is 38.9 Å². The third-order valence-electron chi connectivity index (χ3n) is 3.33. The van der Waals surface area contributed by atoms with Gasteiger partial charge in [0.05, 0.1) is 6.54 Å². The zero-order valence-corrected chi connectivity index (χ0v) is 12.5. The zero-order valence-electron chi connectivity index (χ0n) is 12.5. The largest absolute Gasteiger partial charge is 0.351 e. The molecule has 0 unspecified atom stereocenters. The number of nitrogens with one attached hydrogen (secondary N) is 2. The van der Waals surface area contributed by atoms with Crippen LogP contribution in [0, 0.1) is 0 Å². The average Bonchev–Trinajstić information content (AvgIpc) is 3.29. The molecule has 1 aliphatic carbocycles. The number of aromatic nitrogens is 1. The Labute approximate surface area is 123 Å². The van der Waals surface area contributed by atoms with Crippen LogP contribution >= 0.6 is 0 Å². The van der Waals surface area contributed by atoms with Gasteiger partial charge in [-0.3, -0.25) is 9.59 Å². The first-order chi connectivity index (χ1) is 10.2. The van der Waals surface area contributed by atoms with Crippen LogP contribution in [0.5, 0.6) is 0 Å². The van der Waals surface area contributed by atoms with Crippen LogP contribution in [0.3, 0.4) is 0 Å². The third kappa shape index (κ3) is 4.41. The monoisotopic (exact) mass is 294 g/mol. The highest BCUT2D eigenvalue weighted by Crippen LogP contribution is 2.38. The van der Waals surface area contributed by atoms with E-state index in [1.54, 1.807) is 6.07 Å². The number of hydrogen-bond acceptors (Lipinski definition) is 4. The first-order valence-electron chi connectivity index (χ1n) is 7.40. The third-order valence-corrected chi connectivity index (χ3v) is 3.33. The highest BCUT2D eigenvalue weighted by molar-refractivity contribution is 5.93. The Hall–Kier alpha value is -1.66. The highest BCUT2D eigenvalue weighted by atomic mass is 16.7. The van der Waals surface area contributed by atoms with Crippen molar-refractivity contribution in [3.05, 3.63) is 33.7 Å². The van der Waals surface area contributed by atoms with Crippen molar-refractivity contribution in [1.29, 1.82) is 0 Å². The molecule has 0 atom stereocenters. The second-order valence-corrected chi connectivity index (χ2v) is 4.98. The molecule has 0 spiro atoms. The lowest BCUT2D eigenvalue weighted by Gasteiger charge is -2.17. The summed E-state index contributed by atoms with van der Waals surface area (Å²) in [5.41, 5.74) is 0.686. The van der Waals surface area contributed by atoms with Gasteiger partial charge in [0, 0.05) is 18.9 Å². The van der Waals surface area contributed by atoms with Crippen LogP contribution in [0.25, 0.3) is 0 Å². The van der Waals surface area contributed by atoms with E-state index in [1.807, 2.05) is 19.9 Å². The molecule has 0 aromatic carbocycles. The number of hydrogen-bond donors (Lipinski definition) is 2. The molecule has 2 rings (SSSR count). The molecular formula is C15H22N2O4. The minimum absolute atomic E-state index is 0.117. The van der Waals surface area contributed by atoms with Crippen LogP contribution in [0.15, 0.2) is 16.9 Å². The van der Waals surface area contributed by atoms with Crippen molar-refractivity contribution in [2.75, 3.05) is 19.8 Å². The second kappa shape index (κ2) is 7.38. The van der Waals surface area contributed by atoms with Crippen molar-refractivity contribution in [2.24, 2.45) is 0 Å². The van der Waals surface area contributed by atoms with Crippen LogP contribution in [-0.4, -0.2) is 36.9 Å². The smallest absolute Gasteiger partial charge is 0.261 e. The van der Waals surface area contributed by atoms with Gasteiger partial charge in [-0.15, -0.1) is 0 Å². The topological polar surface area (TPSA) is 80.4 Å². The summed E-state index contributed by atoms with van der Waals surface area (Å²) in [6.07, 6.45) is 1.71. The number of carbonyl (C=O) groups is 1. The maximum Gasteiger partial charge on any atom is 0.261 e. The molecule has 6 nitrogen and oxygen atoms in total. The standard InChI is InChI=1S/C15H22N2O4/c1-3-20-13(21-4-2)9-16-14(18)11-7-8-12(10-5-6-10)17-15(11)19/h7-8,10,13H,3-6,9H2,1-2H3,(H,16,18)(H,17,19). The van der Waals surface area contributed by atoms with Gasteiger partial charge < -0.3 is 19.8 Å². The van der Waals surface area contributed by atoms with Gasteiger partial charge in [0.2, 0.25) is 0 Å². The van der Waals surface area contributed by atoms with Crippen LogP contribution in [0.4, 0.5) is 0 Å². The van der Waals surface area contributed by atoms with Gasteiger partial charge in [-0.2, -0.15) is 0 Å². The van der Waals surface area contributed by atoms with E-state index in [2.05, 4.69) is 10.3 Å². The van der Waals surface area contributed by atoms with E-state index in [9.17, 15) is 9.59 Å². The molecule has 1 fully saturated rings. The van der Waals surface area contributed by atoms with Gasteiger partial charge in [0.25, 0.3) is 11.5 Å². The van der Waals surface area contributed by atoms with Crippen molar-refractivity contribution < 1.29 is 14.3 Å². The molecule has 0 radical (unpaired) electrons. The quantitative estimate of drug-likeness (QED) is 0.710. The molecule has 1 aromatic rings. The van der Waals surface area contributed by atoms with E-state index in [0.717, 1.165) is 18.5 Å². The van der Waals surface area contributed by atoms with E-state index in [-0.39, 0.29) is 17.7 Å². The van der Waals surface area contributed by atoms with Crippen molar-refractivity contribution in [3.63, 3.8) is 0 Å². The number of carbonyl (C=O) groups excluding carboxylic acids is 1. The Kier molecular flexibility index (Phi) is 5.52. The molecule has 1 amide bonds. The minimum Gasteiger partial charge on any atom is -0.351 e. The maximum absolute atomic E-state index is 12.0. The van der Waals surface area contributed by atoms with Crippen molar-refractivity contribution in [3.8, 4) is 0 Å². The highest BCUT2D eigenvalue weighted by Gasteiger charge is 2.25. The SMILES string of the molecule is CCOC(CNC(=O)c1ccc(C2CC2)[nH]c1=O)OCC. The van der Waals surface area contributed by atoms with Gasteiger partial charge >= 0.3 is 0 Å². The van der Waals surface area contributed by atoms with Gasteiger partial charge in [0.1, 0.15) is 5.56 Å². The summed E-state index contributed by atoms with van der Waals surface area (Å²) in [5, 5.41) is 2.66. The van der Waals surface area contributed by atoms with E-state index in [1.165, 1.54) is 0 Å². The Bertz CT molecular complexity index is 531. The number of rotatable bonds is 8. The van der Waals surface area contributed by atoms with Gasteiger partial charge in [0.15, 0.2) is 6.29 Å². The molecule has 0 aliphatic heterocycles. The summed E-state index contributed by atoms with van der Waals surface area (Å²) in [6.45, 7) is 4.92. The molecule has 1 aromatic heterocycles. The minimum atomic E-state index is -0.492. The first-order valence-corrected chi connectivity index (χ1v) is 7.40. The predicted octanol–water partition coefficient (Wildman–Crippen LogP) is 1.38. The summed E-state index contributed by atoms with van der Waals surface area (Å²) in [6, 6.07) is 3.40. The van der Waals surface area contributed by atoms with Gasteiger partial charge in [-0.05, 0) is 44.7 Å². The number of H-pyrrole nitrogens is 1. The summed E-state index contributed by atoms with van der Waals surface area (Å²) in [7, 11) is 0. The Morgan fingerprint density at radius 3 is 2.52 bits per heavy atom. The van der Waals surface area contributed by atoms with E-state index in [4.69, 9.17) is 9.47 Å². The molecule has 0 bridgehead atoms. The molecule has 6 heteroatoms. The number of pyridine rings is 1. The molecule has 1 aliphatic rings. The molecular weight excluding hydrogens is 272 g/mol. The number of ether oxygens (including phenoxy) is 2. The van der Waals surface area contributed by atoms with Crippen molar-refractivity contribution in [1.82, 2.24) is 10.3 Å². The number of aromatic amines is 1. The Balaban J connectivity index is 1.94. The summed E-state index contributed by atoms with van der Waals surface area (Å²) >= 11 is 0. The Morgan fingerprint density at radius 2 is 2.00 bits per heavy atom. The maximum atomic E-state index is 12.0. The number of amides is 1. The average molecular weight is 294 g/mol. The fraction of sp³-hybridized carbons (Fsp3) is 0.600. The van der Waals surface area contributed by atoms with Crippen LogP contribution < -0.4 is 10.9 Å². The lowest BCUT2D eigenvalue weighted by Crippen LogP contribution is -2.37. The molecule has 1 heterocycles. The molecule has 116 valence electrons. The Morgan fingerprint density at radius 1 is 1.33 bits per heavy atom. The normalized spacial score (nSPS) is 14.4. The van der Waals surface area contributed by atoms with Gasteiger partial charge in [-0.25, -0.2) is 0 Å². The van der Waals surface area contributed by atoms with Crippen LogP contribution in [-0.2, 0) is 9.47 Å². The fourth-order valence-electron chi connectivity index (χ4n) is 2.11.